The maximum absolute atomic E-state index is 2.60. The molecule has 98 valence electrons. The lowest BCUT2D eigenvalue weighted by Gasteiger charge is -2.50. The molecule has 18 heavy (non-hydrogen) atoms. The lowest BCUT2D eigenvalue weighted by atomic mass is 9.55. The Kier molecular flexibility index (Phi) is 2.51. The zero-order valence-corrected chi connectivity index (χ0v) is 11.8. The summed E-state index contributed by atoms with van der Waals surface area (Å²) in [6.07, 6.45) is 17.9. The van der Waals surface area contributed by atoms with Crippen LogP contribution in [-0.4, -0.2) is 0 Å². The highest BCUT2D eigenvalue weighted by molar-refractivity contribution is 5.30. The fraction of sp³-hybridized carbons (Fsp3) is 0.778. The van der Waals surface area contributed by atoms with E-state index in [0.717, 1.165) is 23.2 Å². The van der Waals surface area contributed by atoms with E-state index in [2.05, 4.69) is 19.1 Å². The van der Waals surface area contributed by atoms with Gasteiger partial charge in [0.2, 0.25) is 0 Å². The number of hydrogen-bond donors (Lipinski definition) is 0. The number of fused-ring (bicyclic) bond motifs is 4. The van der Waals surface area contributed by atoms with Crippen molar-refractivity contribution in [2.24, 2.45) is 23.2 Å². The highest BCUT2D eigenvalue weighted by Crippen LogP contribution is 2.60. The van der Waals surface area contributed by atoms with Crippen LogP contribution in [0.4, 0.5) is 0 Å². The van der Waals surface area contributed by atoms with Crippen molar-refractivity contribution in [1.82, 2.24) is 0 Å². The van der Waals surface area contributed by atoms with E-state index in [1.807, 2.05) is 11.1 Å². The van der Waals surface area contributed by atoms with Crippen molar-refractivity contribution >= 4 is 0 Å². The normalized spacial score (nSPS) is 46.6. The zero-order valence-electron chi connectivity index (χ0n) is 11.8. The van der Waals surface area contributed by atoms with Gasteiger partial charge in [0, 0.05) is 0 Å². The van der Waals surface area contributed by atoms with Crippen molar-refractivity contribution < 1.29 is 0 Å². The summed E-state index contributed by atoms with van der Waals surface area (Å²) in [5.41, 5.74) is 4.45. The molecule has 2 saturated carbocycles. The maximum Gasteiger partial charge on any atom is -0.0133 e. The predicted molar refractivity (Wildman–Crippen MR) is 76.3 cm³/mol. The SMILES string of the molecule is CC12CCCC1C1CCC3=C(CC=CC3)C1CC2. The molecule has 0 nitrogen and oxygen atoms in total. The average Bonchev–Trinajstić information content (AvgIpc) is 2.80. The molecular weight excluding hydrogens is 216 g/mol. The van der Waals surface area contributed by atoms with Crippen LogP contribution in [0.3, 0.4) is 0 Å². The highest BCUT2D eigenvalue weighted by atomic mass is 14.5. The van der Waals surface area contributed by atoms with Crippen LogP contribution in [0.5, 0.6) is 0 Å². The molecule has 0 bridgehead atoms. The summed E-state index contributed by atoms with van der Waals surface area (Å²) in [4.78, 5) is 0. The van der Waals surface area contributed by atoms with E-state index < -0.39 is 0 Å². The molecule has 0 heteroatoms. The monoisotopic (exact) mass is 242 g/mol. The fourth-order valence-electron chi connectivity index (χ4n) is 5.84. The molecule has 0 aromatic rings. The Morgan fingerprint density at radius 1 is 1.06 bits per heavy atom. The van der Waals surface area contributed by atoms with Crippen molar-refractivity contribution in [3.05, 3.63) is 23.3 Å². The summed E-state index contributed by atoms with van der Waals surface area (Å²) in [5, 5.41) is 0. The quantitative estimate of drug-likeness (QED) is 0.508. The minimum atomic E-state index is 0.726. The Labute approximate surface area is 112 Å². The molecule has 0 amide bonds. The van der Waals surface area contributed by atoms with Gasteiger partial charge in [-0.15, -0.1) is 0 Å². The van der Waals surface area contributed by atoms with E-state index in [4.69, 9.17) is 0 Å². The van der Waals surface area contributed by atoms with Gasteiger partial charge in [-0.1, -0.05) is 36.6 Å². The zero-order chi connectivity index (χ0) is 12.2. The molecule has 0 N–H and O–H groups in total. The summed E-state index contributed by atoms with van der Waals surface area (Å²) >= 11 is 0. The lowest BCUT2D eigenvalue weighted by molar-refractivity contribution is 0.0428. The van der Waals surface area contributed by atoms with Gasteiger partial charge < -0.3 is 0 Å². The first-order valence-corrected chi connectivity index (χ1v) is 8.14. The Morgan fingerprint density at radius 2 is 1.94 bits per heavy atom. The first-order valence-electron chi connectivity index (χ1n) is 8.14. The van der Waals surface area contributed by atoms with E-state index in [0.29, 0.717) is 0 Å². The third-order valence-corrected chi connectivity index (χ3v) is 6.77. The maximum atomic E-state index is 2.60. The number of rotatable bonds is 0. The van der Waals surface area contributed by atoms with Crippen LogP contribution in [0.1, 0.15) is 64.7 Å². The van der Waals surface area contributed by atoms with Crippen LogP contribution in [0, 0.1) is 23.2 Å². The molecule has 4 aliphatic carbocycles. The Bertz CT molecular complexity index is 414. The van der Waals surface area contributed by atoms with Gasteiger partial charge in [0.1, 0.15) is 0 Å². The van der Waals surface area contributed by atoms with Gasteiger partial charge in [-0.2, -0.15) is 0 Å². The first kappa shape index (κ1) is 11.3. The largest absolute Gasteiger partial charge is 0.0841 e. The molecule has 0 aromatic heterocycles. The standard InChI is InChI=1S/C18H26/c1-18-11-4-7-17(18)16-9-8-13-5-2-3-6-14(13)15(16)10-12-18/h2-3,15-17H,4-12H2,1H3. The smallest absolute Gasteiger partial charge is 0.0133 e. The third kappa shape index (κ3) is 1.50. The second-order valence-corrected chi connectivity index (χ2v) is 7.51. The van der Waals surface area contributed by atoms with E-state index >= 15 is 0 Å². The van der Waals surface area contributed by atoms with Gasteiger partial charge in [-0.05, 0) is 74.5 Å². The van der Waals surface area contributed by atoms with Crippen LogP contribution in [0.25, 0.3) is 0 Å². The molecule has 0 spiro atoms. The molecule has 0 aromatic carbocycles. The molecule has 4 aliphatic rings. The van der Waals surface area contributed by atoms with Crippen LogP contribution < -0.4 is 0 Å². The van der Waals surface area contributed by atoms with E-state index in [9.17, 15) is 0 Å². The van der Waals surface area contributed by atoms with Crippen molar-refractivity contribution in [3.63, 3.8) is 0 Å². The van der Waals surface area contributed by atoms with Gasteiger partial charge in [-0.3, -0.25) is 0 Å². The summed E-state index contributed by atoms with van der Waals surface area (Å²) in [7, 11) is 0. The van der Waals surface area contributed by atoms with E-state index in [1.165, 1.54) is 57.8 Å². The Morgan fingerprint density at radius 3 is 2.89 bits per heavy atom. The van der Waals surface area contributed by atoms with Crippen LogP contribution in [0.2, 0.25) is 0 Å². The molecule has 4 atom stereocenters. The van der Waals surface area contributed by atoms with E-state index in [-0.39, 0.29) is 0 Å². The summed E-state index contributed by atoms with van der Waals surface area (Å²) in [6, 6.07) is 0. The van der Waals surface area contributed by atoms with Crippen LogP contribution in [-0.2, 0) is 0 Å². The third-order valence-electron chi connectivity index (χ3n) is 6.77. The number of allylic oxidation sites excluding steroid dienone is 4. The predicted octanol–water partition coefficient (Wildman–Crippen LogP) is 5.26. The molecule has 2 fully saturated rings. The molecule has 0 aliphatic heterocycles. The summed E-state index contributed by atoms with van der Waals surface area (Å²) in [5.74, 6) is 3.10. The Hall–Kier alpha value is -0.520. The topological polar surface area (TPSA) is 0 Å². The molecule has 0 radical (unpaired) electrons. The minimum Gasteiger partial charge on any atom is -0.0841 e. The summed E-state index contributed by atoms with van der Waals surface area (Å²) in [6.45, 7) is 2.60. The van der Waals surface area contributed by atoms with Gasteiger partial charge >= 0.3 is 0 Å². The molecule has 0 saturated heterocycles. The van der Waals surface area contributed by atoms with Gasteiger partial charge in [0.05, 0.1) is 0 Å². The second-order valence-electron chi connectivity index (χ2n) is 7.51. The molecule has 4 unspecified atom stereocenters. The highest BCUT2D eigenvalue weighted by Gasteiger charge is 2.50. The van der Waals surface area contributed by atoms with Crippen molar-refractivity contribution in [2.75, 3.05) is 0 Å². The Balaban J connectivity index is 1.66. The number of hydrogen-bond acceptors (Lipinski definition) is 0. The van der Waals surface area contributed by atoms with Crippen molar-refractivity contribution in [2.45, 2.75) is 64.7 Å². The van der Waals surface area contributed by atoms with Crippen LogP contribution >= 0.6 is 0 Å². The fourth-order valence-corrected chi connectivity index (χ4v) is 5.84. The van der Waals surface area contributed by atoms with Crippen molar-refractivity contribution in [1.29, 1.82) is 0 Å². The first-order chi connectivity index (χ1) is 8.78. The molecule has 4 rings (SSSR count). The molecule has 0 heterocycles. The van der Waals surface area contributed by atoms with Gasteiger partial charge in [0.15, 0.2) is 0 Å². The van der Waals surface area contributed by atoms with Gasteiger partial charge in [-0.25, -0.2) is 0 Å². The van der Waals surface area contributed by atoms with E-state index in [1.54, 1.807) is 0 Å². The summed E-state index contributed by atoms with van der Waals surface area (Å²) < 4.78 is 0. The van der Waals surface area contributed by atoms with Crippen LogP contribution in [0.15, 0.2) is 23.3 Å². The average molecular weight is 242 g/mol. The van der Waals surface area contributed by atoms with Crippen molar-refractivity contribution in [3.8, 4) is 0 Å². The molecular formula is C18H26. The lowest BCUT2D eigenvalue weighted by Crippen LogP contribution is -2.41. The minimum absolute atomic E-state index is 0.726. The second kappa shape index (κ2) is 3.99. The van der Waals surface area contributed by atoms with Gasteiger partial charge in [0.25, 0.3) is 0 Å².